The van der Waals surface area contributed by atoms with Gasteiger partial charge in [-0.05, 0) is 42.8 Å². The highest BCUT2D eigenvalue weighted by molar-refractivity contribution is 7.16. The lowest BCUT2D eigenvalue weighted by Gasteiger charge is -2.25. The van der Waals surface area contributed by atoms with Crippen molar-refractivity contribution in [1.29, 1.82) is 0 Å². The quantitative estimate of drug-likeness (QED) is 0.641. The topological polar surface area (TPSA) is 87.5 Å². The van der Waals surface area contributed by atoms with Crippen LogP contribution in [0.3, 0.4) is 0 Å². The van der Waals surface area contributed by atoms with Crippen molar-refractivity contribution in [2.45, 2.75) is 19.1 Å². The molecule has 0 radical (unpaired) electrons. The average Bonchev–Trinajstić information content (AvgIpc) is 2.98. The van der Waals surface area contributed by atoms with Crippen LogP contribution in [0.4, 0.5) is 10.7 Å². The van der Waals surface area contributed by atoms with Gasteiger partial charge in [0.2, 0.25) is 0 Å². The summed E-state index contributed by atoms with van der Waals surface area (Å²) in [5.74, 6) is -0.0425. The van der Waals surface area contributed by atoms with E-state index in [2.05, 4.69) is 22.6 Å². The molecule has 0 spiro atoms. The van der Waals surface area contributed by atoms with E-state index in [0.717, 1.165) is 35.6 Å². The van der Waals surface area contributed by atoms with Gasteiger partial charge in [0.25, 0.3) is 11.6 Å². The maximum absolute atomic E-state index is 12.6. The molecule has 1 aromatic carbocycles. The zero-order chi connectivity index (χ0) is 18.3. The molecule has 2 aliphatic rings. The van der Waals surface area contributed by atoms with Crippen molar-refractivity contribution < 1.29 is 9.72 Å². The number of fused-ring (bicyclic) bond motifs is 3. The summed E-state index contributed by atoms with van der Waals surface area (Å²) in [6, 6.07) is 6.30. The summed E-state index contributed by atoms with van der Waals surface area (Å²) >= 11 is 1.65. The van der Waals surface area contributed by atoms with Crippen LogP contribution in [0.1, 0.15) is 26.4 Å². The van der Waals surface area contributed by atoms with Crippen molar-refractivity contribution >= 4 is 34.0 Å². The molecule has 134 valence electrons. The molecule has 0 bridgehead atoms. The fraction of sp³-hybridized carbons (Fsp3) is 0.278. The van der Waals surface area contributed by atoms with Gasteiger partial charge in [-0.2, -0.15) is 0 Å². The molecule has 0 unspecified atom stereocenters. The van der Waals surface area contributed by atoms with E-state index in [9.17, 15) is 14.9 Å². The lowest BCUT2D eigenvalue weighted by atomic mass is 10.0. The summed E-state index contributed by atoms with van der Waals surface area (Å²) in [5.41, 5.74) is 2.86. The van der Waals surface area contributed by atoms with E-state index in [-0.39, 0.29) is 17.8 Å². The Kier molecular flexibility index (Phi) is 4.21. The van der Waals surface area contributed by atoms with E-state index in [4.69, 9.17) is 0 Å². The van der Waals surface area contributed by atoms with Crippen LogP contribution in [-0.2, 0) is 13.0 Å². The fourth-order valence-corrected chi connectivity index (χ4v) is 4.64. The Bertz CT molecular complexity index is 904. The van der Waals surface area contributed by atoms with Crippen LogP contribution in [-0.4, -0.2) is 35.5 Å². The number of hydrogen-bond acceptors (Lipinski definition) is 6. The van der Waals surface area contributed by atoms with Crippen LogP contribution in [0.2, 0.25) is 0 Å². The molecule has 2 aliphatic heterocycles. The number of rotatable bonds is 3. The van der Waals surface area contributed by atoms with Crippen LogP contribution in [0, 0.1) is 10.1 Å². The highest BCUT2D eigenvalue weighted by Crippen LogP contribution is 2.38. The lowest BCUT2D eigenvalue weighted by Crippen LogP contribution is -2.43. The van der Waals surface area contributed by atoms with E-state index in [1.165, 1.54) is 22.6 Å². The van der Waals surface area contributed by atoms with Crippen molar-refractivity contribution in [3.63, 3.8) is 0 Å². The first kappa shape index (κ1) is 16.7. The number of amides is 1. The number of non-ortho nitro benzene ring substituents is 1. The predicted molar refractivity (Wildman–Crippen MR) is 101 cm³/mol. The molecule has 0 aliphatic carbocycles. The molecule has 3 heterocycles. The normalized spacial score (nSPS) is 19.6. The van der Waals surface area contributed by atoms with Gasteiger partial charge < -0.3 is 15.5 Å². The SMILES string of the molecule is CN1CCc2c(sc3c2C(=O)N[C@@H](/C=C\c2ccc([N+](=O)[O-])cc2)N3)C1. The highest BCUT2D eigenvalue weighted by atomic mass is 32.1. The Morgan fingerprint density at radius 1 is 1.31 bits per heavy atom. The summed E-state index contributed by atoms with van der Waals surface area (Å²) < 4.78 is 0. The van der Waals surface area contributed by atoms with Crippen LogP contribution in [0.25, 0.3) is 6.08 Å². The van der Waals surface area contributed by atoms with E-state index >= 15 is 0 Å². The van der Waals surface area contributed by atoms with E-state index in [0.29, 0.717) is 0 Å². The van der Waals surface area contributed by atoms with Crippen molar-refractivity contribution in [3.05, 3.63) is 62.0 Å². The van der Waals surface area contributed by atoms with Crippen molar-refractivity contribution in [2.24, 2.45) is 0 Å². The molecular weight excluding hydrogens is 352 g/mol. The third-order valence-electron chi connectivity index (χ3n) is 4.63. The summed E-state index contributed by atoms with van der Waals surface area (Å²) in [6.07, 6.45) is 4.29. The second kappa shape index (κ2) is 6.54. The number of nitrogens with one attached hydrogen (secondary N) is 2. The molecule has 26 heavy (non-hydrogen) atoms. The standard InChI is InChI=1S/C18H18N4O3S/c1-21-9-8-13-14(10-21)26-18-16(13)17(23)19-15(20-18)7-4-11-2-5-12(6-3-11)22(24)25/h2-7,15,20H,8-10H2,1H3,(H,19,23)/b7-4-/t15-/m1/s1. The molecule has 1 amide bonds. The minimum atomic E-state index is -0.423. The van der Waals surface area contributed by atoms with Crippen LogP contribution < -0.4 is 10.6 Å². The summed E-state index contributed by atoms with van der Waals surface area (Å²) in [7, 11) is 2.09. The highest BCUT2D eigenvalue weighted by Gasteiger charge is 2.31. The van der Waals surface area contributed by atoms with E-state index in [1.54, 1.807) is 23.5 Å². The van der Waals surface area contributed by atoms with Gasteiger partial charge in [-0.3, -0.25) is 14.9 Å². The molecule has 8 heteroatoms. The molecule has 0 saturated carbocycles. The monoisotopic (exact) mass is 370 g/mol. The van der Waals surface area contributed by atoms with Gasteiger partial charge in [0, 0.05) is 30.1 Å². The predicted octanol–water partition coefficient (Wildman–Crippen LogP) is 2.84. The number of carbonyl (C=O) groups is 1. The van der Waals surface area contributed by atoms with Crippen LogP contribution in [0.5, 0.6) is 0 Å². The second-order valence-electron chi connectivity index (χ2n) is 6.50. The van der Waals surface area contributed by atoms with Gasteiger partial charge in [-0.1, -0.05) is 6.08 Å². The number of likely N-dealkylation sites (N-methyl/N-ethyl adjacent to an activating group) is 1. The van der Waals surface area contributed by atoms with Crippen LogP contribution in [0.15, 0.2) is 30.3 Å². The van der Waals surface area contributed by atoms with Crippen molar-refractivity contribution in [2.75, 3.05) is 18.9 Å². The van der Waals surface area contributed by atoms with Gasteiger partial charge in [0.1, 0.15) is 11.2 Å². The molecular formula is C18H18N4O3S. The first-order valence-corrected chi connectivity index (χ1v) is 9.16. The van der Waals surface area contributed by atoms with Gasteiger partial charge in [0.05, 0.1) is 10.5 Å². The number of benzene rings is 1. The molecule has 1 aromatic heterocycles. The Hall–Kier alpha value is -2.71. The molecule has 2 aromatic rings. The number of anilines is 1. The summed E-state index contributed by atoms with van der Waals surface area (Å²) in [4.78, 5) is 26.4. The largest absolute Gasteiger partial charge is 0.353 e. The Morgan fingerprint density at radius 2 is 2.08 bits per heavy atom. The first-order chi connectivity index (χ1) is 12.5. The fourth-order valence-electron chi connectivity index (χ4n) is 3.27. The maximum atomic E-state index is 12.6. The van der Waals surface area contributed by atoms with Gasteiger partial charge in [-0.25, -0.2) is 0 Å². The number of nitro benzene ring substituents is 1. The minimum absolute atomic E-state index is 0.0425. The number of thiophene rings is 1. The molecule has 0 fully saturated rings. The van der Waals surface area contributed by atoms with Gasteiger partial charge in [-0.15, -0.1) is 11.3 Å². The van der Waals surface area contributed by atoms with E-state index < -0.39 is 4.92 Å². The van der Waals surface area contributed by atoms with Crippen molar-refractivity contribution in [1.82, 2.24) is 10.2 Å². The Balaban J connectivity index is 1.52. The zero-order valence-electron chi connectivity index (χ0n) is 14.2. The van der Waals surface area contributed by atoms with E-state index in [1.807, 2.05) is 12.2 Å². The number of carbonyl (C=O) groups excluding carboxylic acids is 1. The minimum Gasteiger partial charge on any atom is -0.353 e. The molecule has 2 N–H and O–H groups in total. The number of nitrogens with zero attached hydrogens (tertiary/aromatic N) is 2. The third kappa shape index (κ3) is 3.09. The van der Waals surface area contributed by atoms with Crippen LogP contribution >= 0.6 is 11.3 Å². The number of hydrogen-bond donors (Lipinski definition) is 2. The summed E-state index contributed by atoms with van der Waals surface area (Å²) in [6.45, 7) is 1.85. The molecule has 0 saturated heterocycles. The van der Waals surface area contributed by atoms with Gasteiger partial charge >= 0.3 is 0 Å². The zero-order valence-corrected chi connectivity index (χ0v) is 15.0. The van der Waals surface area contributed by atoms with Crippen molar-refractivity contribution in [3.8, 4) is 0 Å². The average molecular weight is 370 g/mol. The maximum Gasteiger partial charge on any atom is 0.269 e. The molecule has 1 atom stereocenters. The first-order valence-electron chi connectivity index (χ1n) is 8.34. The third-order valence-corrected chi connectivity index (χ3v) is 5.78. The smallest absolute Gasteiger partial charge is 0.269 e. The number of nitro groups is 1. The lowest BCUT2D eigenvalue weighted by molar-refractivity contribution is -0.384. The molecule has 7 nitrogen and oxygen atoms in total. The summed E-state index contributed by atoms with van der Waals surface area (Å²) in [5, 5.41) is 18.0. The molecule has 4 rings (SSSR count). The second-order valence-corrected chi connectivity index (χ2v) is 7.60. The Labute approximate surface area is 154 Å². The Morgan fingerprint density at radius 3 is 2.81 bits per heavy atom. The van der Waals surface area contributed by atoms with Gasteiger partial charge in [0.15, 0.2) is 0 Å².